The molecule has 0 aromatic heterocycles. The number of nitrogen functional groups attached to an aromatic ring is 1. The molecule has 0 atom stereocenters. The van der Waals surface area contributed by atoms with E-state index >= 15 is 0 Å². The number of Topliss-reactive ketones (excluding diaryl/α,β-unsaturated/α-hetero) is 1. The molecule has 1 heterocycles. The van der Waals surface area contributed by atoms with E-state index in [0.29, 0.717) is 24.3 Å². The summed E-state index contributed by atoms with van der Waals surface area (Å²) in [7, 11) is 0. The fourth-order valence-electron chi connectivity index (χ4n) is 2.73. The standard InChI is InChI=1S/C17H24N2O3/c1-2-22-17(21)14-7-10-19(11-8-14)12-9-16(20)13-3-5-15(18)6-4-13/h3-6,14H,2,7-12,18H2,1H3. The van der Waals surface area contributed by atoms with Crippen LogP contribution in [0.2, 0.25) is 0 Å². The number of hydrogen-bond donors (Lipinski definition) is 1. The highest BCUT2D eigenvalue weighted by molar-refractivity contribution is 5.96. The maximum atomic E-state index is 12.1. The van der Waals surface area contributed by atoms with E-state index in [1.807, 2.05) is 6.92 Å². The molecule has 2 rings (SSSR count). The number of ketones is 1. The summed E-state index contributed by atoms with van der Waals surface area (Å²) in [5.41, 5.74) is 6.99. The summed E-state index contributed by atoms with van der Waals surface area (Å²) in [6, 6.07) is 7.03. The Balaban J connectivity index is 1.73. The van der Waals surface area contributed by atoms with Gasteiger partial charge in [-0.3, -0.25) is 9.59 Å². The van der Waals surface area contributed by atoms with Crippen LogP contribution in [0.15, 0.2) is 24.3 Å². The maximum Gasteiger partial charge on any atom is 0.309 e. The van der Waals surface area contributed by atoms with Crippen molar-refractivity contribution >= 4 is 17.4 Å². The van der Waals surface area contributed by atoms with Crippen LogP contribution >= 0.6 is 0 Å². The Labute approximate surface area is 131 Å². The Morgan fingerprint density at radius 1 is 1.23 bits per heavy atom. The molecule has 0 radical (unpaired) electrons. The van der Waals surface area contributed by atoms with Crippen LogP contribution in [-0.2, 0) is 9.53 Å². The lowest BCUT2D eigenvalue weighted by molar-refractivity contribution is -0.149. The minimum Gasteiger partial charge on any atom is -0.466 e. The van der Waals surface area contributed by atoms with Gasteiger partial charge in [0.25, 0.3) is 0 Å². The average molecular weight is 304 g/mol. The van der Waals surface area contributed by atoms with Crippen LogP contribution in [0.1, 0.15) is 36.5 Å². The molecule has 0 bridgehead atoms. The molecule has 1 aromatic rings. The second kappa shape index (κ2) is 7.94. The lowest BCUT2D eigenvalue weighted by Crippen LogP contribution is -2.38. The molecule has 1 aromatic carbocycles. The molecule has 1 fully saturated rings. The van der Waals surface area contributed by atoms with E-state index in [1.54, 1.807) is 24.3 Å². The first-order valence-electron chi connectivity index (χ1n) is 7.88. The SMILES string of the molecule is CCOC(=O)C1CCN(CCC(=O)c2ccc(N)cc2)CC1. The van der Waals surface area contributed by atoms with Crippen LogP contribution in [0.4, 0.5) is 5.69 Å². The Morgan fingerprint density at radius 2 is 1.86 bits per heavy atom. The summed E-state index contributed by atoms with van der Waals surface area (Å²) in [5.74, 6) is 0.0663. The van der Waals surface area contributed by atoms with Gasteiger partial charge < -0.3 is 15.4 Å². The summed E-state index contributed by atoms with van der Waals surface area (Å²) in [5, 5.41) is 0. The molecular formula is C17H24N2O3. The molecule has 2 N–H and O–H groups in total. The molecule has 5 heteroatoms. The predicted octanol–water partition coefficient (Wildman–Crippen LogP) is 2.12. The zero-order chi connectivity index (χ0) is 15.9. The zero-order valence-corrected chi connectivity index (χ0v) is 13.1. The minimum atomic E-state index is -0.0832. The second-order valence-corrected chi connectivity index (χ2v) is 5.66. The van der Waals surface area contributed by atoms with Gasteiger partial charge in [-0.15, -0.1) is 0 Å². The van der Waals surface area contributed by atoms with Crippen LogP contribution in [0.5, 0.6) is 0 Å². The molecule has 1 aliphatic rings. The van der Waals surface area contributed by atoms with E-state index in [9.17, 15) is 9.59 Å². The van der Waals surface area contributed by atoms with Crippen molar-refractivity contribution < 1.29 is 14.3 Å². The van der Waals surface area contributed by atoms with E-state index in [0.717, 1.165) is 32.5 Å². The maximum absolute atomic E-state index is 12.1. The van der Waals surface area contributed by atoms with E-state index in [4.69, 9.17) is 10.5 Å². The number of hydrogen-bond acceptors (Lipinski definition) is 5. The van der Waals surface area contributed by atoms with E-state index in [-0.39, 0.29) is 17.7 Å². The van der Waals surface area contributed by atoms with Crippen LogP contribution < -0.4 is 5.73 Å². The van der Waals surface area contributed by atoms with Crippen LogP contribution in [0, 0.1) is 5.92 Å². The van der Waals surface area contributed by atoms with Gasteiger partial charge >= 0.3 is 5.97 Å². The molecule has 0 spiro atoms. The number of benzene rings is 1. The van der Waals surface area contributed by atoms with Gasteiger partial charge in [-0.05, 0) is 57.1 Å². The molecule has 0 aliphatic carbocycles. The van der Waals surface area contributed by atoms with Crippen LogP contribution in [0.25, 0.3) is 0 Å². The molecule has 1 saturated heterocycles. The number of anilines is 1. The highest BCUT2D eigenvalue weighted by Crippen LogP contribution is 2.19. The summed E-state index contributed by atoms with van der Waals surface area (Å²) >= 11 is 0. The number of nitrogens with two attached hydrogens (primary N) is 1. The van der Waals surface area contributed by atoms with Gasteiger partial charge in [0.2, 0.25) is 0 Å². The van der Waals surface area contributed by atoms with Crippen molar-refractivity contribution in [3.63, 3.8) is 0 Å². The first-order valence-corrected chi connectivity index (χ1v) is 7.88. The number of ether oxygens (including phenoxy) is 1. The minimum absolute atomic E-state index is 0.0176. The Hall–Kier alpha value is -1.88. The molecule has 1 aliphatic heterocycles. The number of rotatable bonds is 6. The fraction of sp³-hybridized carbons (Fsp3) is 0.529. The normalized spacial score (nSPS) is 16.4. The Kier molecular flexibility index (Phi) is 5.95. The first-order chi connectivity index (χ1) is 10.6. The summed E-state index contributed by atoms with van der Waals surface area (Å²) in [6.45, 7) is 4.70. The highest BCUT2D eigenvalue weighted by atomic mass is 16.5. The number of esters is 1. The summed E-state index contributed by atoms with van der Waals surface area (Å²) in [6.07, 6.45) is 2.12. The molecular weight excluding hydrogens is 280 g/mol. The predicted molar refractivity (Wildman–Crippen MR) is 85.6 cm³/mol. The van der Waals surface area contributed by atoms with Crippen LogP contribution in [-0.4, -0.2) is 42.9 Å². The molecule has 120 valence electrons. The quantitative estimate of drug-likeness (QED) is 0.495. The van der Waals surface area contributed by atoms with Crippen molar-refractivity contribution in [3.05, 3.63) is 29.8 Å². The topological polar surface area (TPSA) is 72.6 Å². The van der Waals surface area contributed by atoms with Crippen molar-refractivity contribution in [2.75, 3.05) is 32.0 Å². The van der Waals surface area contributed by atoms with Gasteiger partial charge in [-0.2, -0.15) is 0 Å². The third-order valence-corrected chi connectivity index (χ3v) is 4.10. The number of carbonyl (C=O) groups excluding carboxylic acids is 2. The van der Waals surface area contributed by atoms with Crippen molar-refractivity contribution in [3.8, 4) is 0 Å². The third-order valence-electron chi connectivity index (χ3n) is 4.10. The molecule has 22 heavy (non-hydrogen) atoms. The lowest BCUT2D eigenvalue weighted by Gasteiger charge is -2.30. The van der Waals surface area contributed by atoms with E-state index < -0.39 is 0 Å². The first kappa shape index (κ1) is 16.5. The number of piperidine rings is 1. The second-order valence-electron chi connectivity index (χ2n) is 5.66. The van der Waals surface area contributed by atoms with Gasteiger partial charge in [0.05, 0.1) is 12.5 Å². The lowest BCUT2D eigenvalue weighted by atomic mass is 9.96. The number of likely N-dealkylation sites (tertiary alicyclic amines) is 1. The van der Waals surface area contributed by atoms with Crippen molar-refractivity contribution in [2.24, 2.45) is 5.92 Å². The van der Waals surface area contributed by atoms with Gasteiger partial charge in [-0.25, -0.2) is 0 Å². The fourth-order valence-corrected chi connectivity index (χ4v) is 2.73. The van der Waals surface area contributed by atoms with Gasteiger partial charge in [0, 0.05) is 24.2 Å². The largest absolute Gasteiger partial charge is 0.466 e. The van der Waals surface area contributed by atoms with Crippen LogP contribution in [0.3, 0.4) is 0 Å². The molecule has 0 saturated carbocycles. The van der Waals surface area contributed by atoms with Gasteiger partial charge in [-0.1, -0.05) is 0 Å². The smallest absolute Gasteiger partial charge is 0.309 e. The average Bonchev–Trinajstić information content (AvgIpc) is 2.54. The molecule has 0 amide bonds. The highest BCUT2D eigenvalue weighted by Gasteiger charge is 2.25. The number of carbonyl (C=O) groups is 2. The summed E-state index contributed by atoms with van der Waals surface area (Å²) in [4.78, 5) is 26.0. The van der Waals surface area contributed by atoms with Gasteiger partial charge in [0.1, 0.15) is 0 Å². The Bertz CT molecular complexity index is 505. The van der Waals surface area contributed by atoms with Crippen molar-refractivity contribution in [1.29, 1.82) is 0 Å². The zero-order valence-electron chi connectivity index (χ0n) is 13.1. The van der Waals surface area contributed by atoms with E-state index in [2.05, 4.69) is 4.90 Å². The molecule has 5 nitrogen and oxygen atoms in total. The summed E-state index contributed by atoms with van der Waals surface area (Å²) < 4.78 is 5.06. The molecule has 0 unspecified atom stereocenters. The van der Waals surface area contributed by atoms with Crippen molar-refractivity contribution in [1.82, 2.24) is 4.90 Å². The third kappa shape index (κ3) is 4.56. The van der Waals surface area contributed by atoms with E-state index in [1.165, 1.54) is 0 Å². The van der Waals surface area contributed by atoms with Crippen molar-refractivity contribution in [2.45, 2.75) is 26.2 Å². The Morgan fingerprint density at radius 3 is 2.45 bits per heavy atom. The number of nitrogens with zero attached hydrogens (tertiary/aromatic N) is 1. The van der Waals surface area contributed by atoms with Gasteiger partial charge in [0.15, 0.2) is 5.78 Å². The monoisotopic (exact) mass is 304 g/mol.